The van der Waals surface area contributed by atoms with E-state index < -0.39 is 0 Å². The lowest BCUT2D eigenvalue weighted by molar-refractivity contribution is 0.0983. The molecule has 2 aromatic rings. The van der Waals surface area contributed by atoms with Crippen LogP contribution in [0.5, 0.6) is 17.2 Å². The van der Waals surface area contributed by atoms with Crippen LogP contribution in [0.2, 0.25) is 0 Å². The van der Waals surface area contributed by atoms with Gasteiger partial charge in [-0.05, 0) is 36.6 Å². The van der Waals surface area contributed by atoms with Gasteiger partial charge < -0.3 is 19.1 Å². The molecule has 0 spiro atoms. The van der Waals surface area contributed by atoms with Gasteiger partial charge in [-0.15, -0.1) is 0 Å². The SMILES string of the molecule is COc1cc(OC)cc(C(=O)N2CCCc3cccc(OC)c32)c1. The van der Waals surface area contributed by atoms with Crippen molar-refractivity contribution in [1.29, 1.82) is 0 Å². The zero-order chi connectivity index (χ0) is 17.1. The first-order valence-electron chi connectivity index (χ1n) is 7.88. The van der Waals surface area contributed by atoms with Crippen LogP contribution in [0.4, 0.5) is 5.69 Å². The molecule has 5 nitrogen and oxygen atoms in total. The molecule has 0 saturated carbocycles. The highest BCUT2D eigenvalue weighted by Gasteiger charge is 2.27. The number of amides is 1. The number of aryl methyl sites for hydroxylation is 1. The molecule has 0 atom stereocenters. The van der Waals surface area contributed by atoms with E-state index in [0.29, 0.717) is 23.6 Å². The Morgan fingerprint density at radius 2 is 1.71 bits per heavy atom. The first-order valence-corrected chi connectivity index (χ1v) is 7.88. The largest absolute Gasteiger partial charge is 0.497 e. The van der Waals surface area contributed by atoms with Crippen molar-refractivity contribution >= 4 is 11.6 Å². The average Bonchev–Trinajstić information content (AvgIpc) is 2.65. The van der Waals surface area contributed by atoms with Gasteiger partial charge in [0.1, 0.15) is 17.2 Å². The lowest BCUT2D eigenvalue weighted by Crippen LogP contribution is -2.35. The Labute approximate surface area is 141 Å². The number of fused-ring (bicyclic) bond motifs is 1. The van der Waals surface area contributed by atoms with Gasteiger partial charge in [0.25, 0.3) is 5.91 Å². The maximum Gasteiger partial charge on any atom is 0.258 e. The third-order valence-electron chi connectivity index (χ3n) is 4.24. The van der Waals surface area contributed by atoms with E-state index in [-0.39, 0.29) is 5.91 Å². The van der Waals surface area contributed by atoms with Crippen molar-refractivity contribution in [3.8, 4) is 17.2 Å². The lowest BCUT2D eigenvalue weighted by atomic mass is 10.00. The number of hydrogen-bond donors (Lipinski definition) is 0. The number of para-hydroxylation sites is 1. The molecule has 0 bridgehead atoms. The quantitative estimate of drug-likeness (QED) is 0.864. The van der Waals surface area contributed by atoms with Crippen molar-refractivity contribution < 1.29 is 19.0 Å². The molecule has 0 aliphatic carbocycles. The standard InChI is InChI=1S/C19H21NO4/c1-22-15-10-14(11-16(12-15)23-2)19(21)20-9-5-7-13-6-4-8-17(24-3)18(13)20/h4,6,8,10-12H,5,7,9H2,1-3H3. The van der Waals surface area contributed by atoms with E-state index in [1.165, 1.54) is 0 Å². The molecule has 5 heteroatoms. The third-order valence-corrected chi connectivity index (χ3v) is 4.24. The molecule has 1 amide bonds. The molecular formula is C19H21NO4. The van der Waals surface area contributed by atoms with Crippen molar-refractivity contribution in [2.45, 2.75) is 12.8 Å². The van der Waals surface area contributed by atoms with E-state index in [0.717, 1.165) is 29.8 Å². The van der Waals surface area contributed by atoms with E-state index >= 15 is 0 Å². The normalized spacial score (nSPS) is 13.2. The Morgan fingerprint density at radius 1 is 1.00 bits per heavy atom. The Kier molecular flexibility index (Phi) is 4.60. The van der Waals surface area contributed by atoms with E-state index in [9.17, 15) is 4.79 Å². The Balaban J connectivity index is 2.04. The molecule has 1 heterocycles. The van der Waals surface area contributed by atoms with Crippen LogP contribution in [-0.4, -0.2) is 33.8 Å². The number of hydrogen-bond acceptors (Lipinski definition) is 4. The van der Waals surface area contributed by atoms with Crippen LogP contribution >= 0.6 is 0 Å². The summed E-state index contributed by atoms with van der Waals surface area (Å²) in [5.41, 5.74) is 2.52. The number of carbonyl (C=O) groups is 1. The van der Waals surface area contributed by atoms with Crippen molar-refractivity contribution in [2.75, 3.05) is 32.8 Å². The third kappa shape index (κ3) is 2.89. The van der Waals surface area contributed by atoms with Gasteiger partial charge in [-0.1, -0.05) is 12.1 Å². The maximum atomic E-state index is 13.1. The molecule has 126 valence electrons. The second-order valence-electron chi connectivity index (χ2n) is 5.63. The molecule has 24 heavy (non-hydrogen) atoms. The number of carbonyl (C=O) groups excluding carboxylic acids is 1. The predicted octanol–water partition coefficient (Wildman–Crippen LogP) is 3.31. The van der Waals surface area contributed by atoms with Gasteiger partial charge in [0, 0.05) is 18.2 Å². The second-order valence-corrected chi connectivity index (χ2v) is 5.63. The summed E-state index contributed by atoms with van der Waals surface area (Å²) in [6.07, 6.45) is 1.87. The Hall–Kier alpha value is -2.69. The summed E-state index contributed by atoms with van der Waals surface area (Å²) in [6.45, 7) is 0.658. The predicted molar refractivity (Wildman–Crippen MR) is 92.5 cm³/mol. The fourth-order valence-electron chi connectivity index (χ4n) is 3.07. The zero-order valence-corrected chi connectivity index (χ0v) is 14.2. The van der Waals surface area contributed by atoms with E-state index in [1.54, 1.807) is 44.4 Å². The second kappa shape index (κ2) is 6.83. The van der Waals surface area contributed by atoms with Crippen LogP contribution in [0.25, 0.3) is 0 Å². The minimum atomic E-state index is -0.0855. The molecule has 1 aliphatic rings. The Morgan fingerprint density at radius 3 is 2.33 bits per heavy atom. The van der Waals surface area contributed by atoms with Gasteiger partial charge in [-0.2, -0.15) is 0 Å². The highest BCUT2D eigenvalue weighted by Crippen LogP contribution is 2.37. The molecule has 0 aromatic heterocycles. The topological polar surface area (TPSA) is 48.0 Å². The van der Waals surface area contributed by atoms with Gasteiger partial charge >= 0.3 is 0 Å². The number of methoxy groups -OCH3 is 3. The van der Waals surface area contributed by atoms with Crippen LogP contribution in [0.3, 0.4) is 0 Å². The zero-order valence-electron chi connectivity index (χ0n) is 14.2. The lowest BCUT2D eigenvalue weighted by Gasteiger charge is -2.31. The maximum absolute atomic E-state index is 13.1. The number of rotatable bonds is 4. The molecular weight excluding hydrogens is 306 g/mol. The van der Waals surface area contributed by atoms with Crippen LogP contribution in [0.1, 0.15) is 22.3 Å². The van der Waals surface area contributed by atoms with Crippen molar-refractivity contribution in [2.24, 2.45) is 0 Å². The van der Waals surface area contributed by atoms with Gasteiger partial charge in [-0.25, -0.2) is 0 Å². The first-order chi connectivity index (χ1) is 11.7. The van der Waals surface area contributed by atoms with Crippen molar-refractivity contribution in [3.63, 3.8) is 0 Å². The highest BCUT2D eigenvalue weighted by molar-refractivity contribution is 6.08. The number of nitrogens with zero attached hydrogens (tertiary/aromatic N) is 1. The summed E-state index contributed by atoms with van der Waals surface area (Å²) in [5, 5.41) is 0. The van der Waals surface area contributed by atoms with E-state index in [2.05, 4.69) is 0 Å². The minimum absolute atomic E-state index is 0.0855. The molecule has 0 fully saturated rings. The molecule has 0 unspecified atom stereocenters. The molecule has 2 aromatic carbocycles. The molecule has 3 rings (SSSR count). The molecule has 0 N–H and O–H groups in total. The van der Waals surface area contributed by atoms with E-state index in [1.807, 2.05) is 18.2 Å². The summed E-state index contributed by atoms with van der Waals surface area (Å²) >= 11 is 0. The fourth-order valence-corrected chi connectivity index (χ4v) is 3.07. The summed E-state index contributed by atoms with van der Waals surface area (Å²) in [6, 6.07) is 11.1. The van der Waals surface area contributed by atoms with Crippen molar-refractivity contribution in [3.05, 3.63) is 47.5 Å². The number of benzene rings is 2. The van der Waals surface area contributed by atoms with Gasteiger partial charge in [0.15, 0.2) is 0 Å². The average molecular weight is 327 g/mol. The van der Waals surface area contributed by atoms with Gasteiger partial charge in [0.2, 0.25) is 0 Å². The van der Waals surface area contributed by atoms with Crippen LogP contribution in [0.15, 0.2) is 36.4 Å². The minimum Gasteiger partial charge on any atom is -0.497 e. The van der Waals surface area contributed by atoms with Crippen molar-refractivity contribution in [1.82, 2.24) is 0 Å². The van der Waals surface area contributed by atoms with Crippen LogP contribution in [-0.2, 0) is 6.42 Å². The first kappa shape index (κ1) is 16.2. The van der Waals surface area contributed by atoms with E-state index in [4.69, 9.17) is 14.2 Å². The van der Waals surface area contributed by atoms with Gasteiger partial charge in [0.05, 0.1) is 27.0 Å². The molecule has 0 saturated heterocycles. The highest BCUT2D eigenvalue weighted by atomic mass is 16.5. The molecule has 1 aliphatic heterocycles. The monoisotopic (exact) mass is 327 g/mol. The summed E-state index contributed by atoms with van der Waals surface area (Å²) in [4.78, 5) is 14.9. The fraction of sp³-hybridized carbons (Fsp3) is 0.316. The van der Waals surface area contributed by atoms with Crippen LogP contribution in [0, 0.1) is 0 Å². The smallest absolute Gasteiger partial charge is 0.258 e. The summed E-state index contributed by atoms with van der Waals surface area (Å²) in [7, 11) is 4.77. The van der Waals surface area contributed by atoms with Gasteiger partial charge in [-0.3, -0.25) is 4.79 Å². The summed E-state index contributed by atoms with van der Waals surface area (Å²) < 4.78 is 16.0. The Bertz CT molecular complexity index is 721. The number of anilines is 1. The molecule has 0 radical (unpaired) electrons. The van der Waals surface area contributed by atoms with Crippen LogP contribution < -0.4 is 19.1 Å². The summed E-state index contributed by atoms with van der Waals surface area (Å²) in [5.74, 6) is 1.82. The number of ether oxygens (including phenoxy) is 3.